The molecule has 2 atom stereocenters. The molecule has 0 spiro atoms. The van der Waals surface area contributed by atoms with Crippen LogP contribution in [0.3, 0.4) is 0 Å². The van der Waals surface area contributed by atoms with Gasteiger partial charge in [-0.25, -0.2) is 0 Å². The van der Waals surface area contributed by atoms with Gasteiger partial charge in [0.25, 0.3) is 0 Å². The highest BCUT2D eigenvalue weighted by Gasteiger charge is 2.18. The fraction of sp³-hybridized carbons (Fsp3) is 0.853. The summed E-state index contributed by atoms with van der Waals surface area (Å²) in [5.74, 6) is -0.0636. The second-order valence-corrected chi connectivity index (χ2v) is 22.4. The Morgan fingerprint density at radius 3 is 1.08 bits per heavy atom. The van der Waals surface area contributed by atoms with Crippen molar-refractivity contribution in [3.05, 3.63) is 48.6 Å². The first kappa shape index (κ1) is 71.8. The van der Waals surface area contributed by atoms with Crippen LogP contribution in [-0.2, 0) is 14.3 Å². The molecule has 3 N–H and O–H groups in total. The number of carbonyl (C=O) groups is 2. The Bertz CT molecular complexity index is 1240. The summed E-state index contributed by atoms with van der Waals surface area (Å²) in [5.41, 5.74) is 0. The molecule has 0 saturated carbocycles. The van der Waals surface area contributed by atoms with Crippen LogP contribution in [-0.4, -0.2) is 47.4 Å². The molecule has 6 heteroatoms. The second kappa shape index (κ2) is 63.4. The largest absolute Gasteiger partial charge is 0.466 e. The minimum atomic E-state index is -0.842. The van der Waals surface area contributed by atoms with E-state index in [1.165, 1.54) is 270 Å². The number of ether oxygens (including phenoxy) is 1. The number of unbranched alkanes of at least 4 members (excludes halogenated alkanes) is 44. The highest BCUT2D eigenvalue weighted by molar-refractivity contribution is 5.76. The van der Waals surface area contributed by atoms with Crippen LogP contribution >= 0.6 is 0 Å². The van der Waals surface area contributed by atoms with Crippen molar-refractivity contribution >= 4 is 11.9 Å². The van der Waals surface area contributed by atoms with Crippen molar-refractivity contribution in [1.29, 1.82) is 0 Å². The van der Waals surface area contributed by atoms with Crippen LogP contribution in [0.15, 0.2) is 48.6 Å². The molecule has 0 aromatic heterocycles. The fourth-order valence-corrected chi connectivity index (χ4v) is 10.00. The van der Waals surface area contributed by atoms with Crippen LogP contribution in [0.2, 0.25) is 0 Å². The molecule has 0 bridgehead atoms. The van der Waals surface area contributed by atoms with E-state index in [4.69, 9.17) is 4.74 Å². The standard InChI is InChI=1S/C68H127NO5/c1-3-5-7-9-11-13-15-17-38-42-46-50-54-58-62-68(73)74-63-59-55-51-47-43-39-36-34-32-30-28-26-24-22-20-18-19-21-23-25-27-29-31-33-35-37-41-45-49-53-57-61-67(72)69-65(64-70)66(71)60-56-52-48-44-40-16-14-12-10-8-6-4-2/h9,11,15,17,20,22,56,60,65-66,70-71H,3-8,10,12-14,16,18-19,21,23-55,57-59,61-64H2,1-2H3,(H,69,72)/b11-9-,17-15-,22-20-,60-56+. The third kappa shape index (κ3) is 59.1. The highest BCUT2D eigenvalue weighted by atomic mass is 16.5. The molecular weight excluding hydrogens is 911 g/mol. The Balaban J connectivity index is 3.37. The van der Waals surface area contributed by atoms with Crippen molar-refractivity contribution in [3.8, 4) is 0 Å². The summed E-state index contributed by atoms with van der Waals surface area (Å²) in [6.45, 7) is 4.86. The van der Waals surface area contributed by atoms with E-state index < -0.39 is 12.1 Å². The van der Waals surface area contributed by atoms with Crippen LogP contribution in [0.25, 0.3) is 0 Å². The minimum absolute atomic E-state index is 0.00244. The number of esters is 1. The maximum atomic E-state index is 12.4. The van der Waals surface area contributed by atoms with Crippen LogP contribution in [0, 0.1) is 0 Å². The van der Waals surface area contributed by atoms with E-state index in [9.17, 15) is 19.8 Å². The number of carbonyl (C=O) groups excluding carboxylic acids is 2. The van der Waals surface area contributed by atoms with Crippen LogP contribution in [0.1, 0.15) is 348 Å². The molecule has 0 aromatic carbocycles. The maximum Gasteiger partial charge on any atom is 0.305 e. The smallest absolute Gasteiger partial charge is 0.305 e. The number of amides is 1. The summed E-state index contributed by atoms with van der Waals surface area (Å²) in [6, 6.07) is -0.625. The van der Waals surface area contributed by atoms with E-state index in [1.807, 2.05) is 6.08 Å². The van der Waals surface area contributed by atoms with E-state index in [0.717, 1.165) is 51.4 Å². The lowest BCUT2D eigenvalue weighted by Gasteiger charge is -2.20. The summed E-state index contributed by atoms with van der Waals surface area (Å²) in [4.78, 5) is 24.5. The number of aliphatic hydroxyl groups excluding tert-OH is 2. The van der Waals surface area contributed by atoms with Gasteiger partial charge in [0.1, 0.15) is 0 Å². The third-order valence-electron chi connectivity index (χ3n) is 15.1. The molecule has 0 aliphatic carbocycles. The molecule has 74 heavy (non-hydrogen) atoms. The first-order valence-electron chi connectivity index (χ1n) is 32.9. The topological polar surface area (TPSA) is 95.9 Å². The maximum absolute atomic E-state index is 12.4. The summed E-state index contributed by atoms with van der Waals surface area (Å²) in [7, 11) is 0. The van der Waals surface area contributed by atoms with E-state index in [2.05, 4.69) is 55.6 Å². The predicted molar refractivity (Wildman–Crippen MR) is 324 cm³/mol. The van der Waals surface area contributed by atoms with Crippen molar-refractivity contribution in [2.24, 2.45) is 0 Å². The van der Waals surface area contributed by atoms with Gasteiger partial charge in [0.2, 0.25) is 5.91 Å². The zero-order chi connectivity index (χ0) is 53.6. The Hall–Kier alpha value is -2.18. The average molecular weight is 1040 g/mol. The van der Waals surface area contributed by atoms with E-state index in [-0.39, 0.29) is 18.5 Å². The average Bonchev–Trinajstić information content (AvgIpc) is 3.40. The van der Waals surface area contributed by atoms with Gasteiger partial charge in [0.15, 0.2) is 0 Å². The van der Waals surface area contributed by atoms with E-state index in [1.54, 1.807) is 6.08 Å². The lowest BCUT2D eigenvalue weighted by Crippen LogP contribution is -2.45. The number of allylic oxidation sites excluding steroid dienone is 7. The number of rotatable bonds is 61. The minimum Gasteiger partial charge on any atom is -0.466 e. The SMILES string of the molecule is CCCC/C=C\C/C=C\CCCCCCCC(=O)OCCCCCCCCCCCCCC/C=C\CCCCCCCCCCCCCCCCCC(=O)NC(CO)C(O)/C=C/CCCCCCCCCCCC. The molecule has 0 radical (unpaired) electrons. The van der Waals surface area contributed by atoms with Gasteiger partial charge < -0.3 is 20.3 Å². The monoisotopic (exact) mass is 1040 g/mol. The predicted octanol–water partition coefficient (Wildman–Crippen LogP) is 20.9. The summed E-state index contributed by atoms with van der Waals surface area (Å²) < 4.78 is 5.48. The molecule has 2 unspecified atom stereocenters. The molecule has 0 aromatic rings. The van der Waals surface area contributed by atoms with Crippen LogP contribution in [0.4, 0.5) is 0 Å². The number of nitrogens with one attached hydrogen (secondary N) is 1. The normalized spacial score (nSPS) is 12.9. The quantitative estimate of drug-likeness (QED) is 0.0320. The van der Waals surface area contributed by atoms with E-state index in [0.29, 0.717) is 19.4 Å². The molecule has 0 fully saturated rings. The Kier molecular flexibility index (Phi) is 61.5. The number of hydrogen-bond donors (Lipinski definition) is 3. The molecule has 1 amide bonds. The van der Waals surface area contributed by atoms with Gasteiger partial charge in [-0.15, -0.1) is 0 Å². The number of aliphatic hydroxyl groups is 2. The third-order valence-corrected chi connectivity index (χ3v) is 15.1. The van der Waals surface area contributed by atoms with Crippen molar-refractivity contribution in [1.82, 2.24) is 5.32 Å². The van der Waals surface area contributed by atoms with Gasteiger partial charge in [0.05, 0.1) is 25.4 Å². The summed E-state index contributed by atoms with van der Waals surface area (Å²) in [5, 5.41) is 23.1. The Morgan fingerprint density at radius 1 is 0.378 bits per heavy atom. The van der Waals surface area contributed by atoms with Gasteiger partial charge in [-0.05, 0) is 83.5 Å². The second-order valence-electron chi connectivity index (χ2n) is 22.4. The van der Waals surface area contributed by atoms with Gasteiger partial charge >= 0.3 is 5.97 Å². The molecule has 434 valence electrons. The lowest BCUT2D eigenvalue weighted by atomic mass is 10.0. The molecule has 0 aliphatic heterocycles. The van der Waals surface area contributed by atoms with Crippen molar-refractivity contribution in [3.63, 3.8) is 0 Å². The van der Waals surface area contributed by atoms with E-state index >= 15 is 0 Å². The van der Waals surface area contributed by atoms with Gasteiger partial charge in [-0.1, -0.05) is 300 Å². The zero-order valence-corrected chi connectivity index (χ0v) is 49.6. The molecule has 0 rings (SSSR count). The highest BCUT2D eigenvalue weighted by Crippen LogP contribution is 2.17. The van der Waals surface area contributed by atoms with Crippen LogP contribution in [0.5, 0.6) is 0 Å². The molecule has 0 heterocycles. The molecule has 0 aliphatic rings. The van der Waals surface area contributed by atoms with Crippen molar-refractivity contribution in [2.45, 2.75) is 360 Å². The Labute approximate surface area is 461 Å². The fourth-order valence-electron chi connectivity index (χ4n) is 10.00. The summed E-state index contributed by atoms with van der Waals surface area (Å²) >= 11 is 0. The first-order valence-corrected chi connectivity index (χ1v) is 32.9. The first-order chi connectivity index (χ1) is 36.5. The van der Waals surface area contributed by atoms with Crippen molar-refractivity contribution in [2.75, 3.05) is 13.2 Å². The van der Waals surface area contributed by atoms with Crippen LogP contribution < -0.4 is 5.32 Å². The number of hydrogen-bond acceptors (Lipinski definition) is 5. The molecule has 0 saturated heterocycles. The molecular formula is C68H127NO5. The Morgan fingerprint density at radius 2 is 0.689 bits per heavy atom. The van der Waals surface area contributed by atoms with Gasteiger partial charge in [0, 0.05) is 12.8 Å². The summed E-state index contributed by atoms with van der Waals surface area (Å²) in [6.07, 6.45) is 81.8. The lowest BCUT2D eigenvalue weighted by molar-refractivity contribution is -0.143. The van der Waals surface area contributed by atoms with Gasteiger partial charge in [-0.2, -0.15) is 0 Å². The van der Waals surface area contributed by atoms with Gasteiger partial charge in [-0.3, -0.25) is 9.59 Å². The van der Waals surface area contributed by atoms with Crippen molar-refractivity contribution < 1.29 is 24.5 Å². The molecule has 6 nitrogen and oxygen atoms in total. The zero-order valence-electron chi connectivity index (χ0n) is 49.6.